The highest BCUT2D eigenvalue weighted by Gasteiger charge is 2.35. The van der Waals surface area contributed by atoms with E-state index in [0.29, 0.717) is 26.7 Å². The first-order valence-electron chi connectivity index (χ1n) is 10.9. The highest BCUT2D eigenvalue weighted by Crippen LogP contribution is 2.42. The molecular weight excluding hydrogens is 483 g/mol. The van der Waals surface area contributed by atoms with Gasteiger partial charge in [0.2, 0.25) is 0 Å². The number of benzene rings is 2. The highest BCUT2D eigenvalue weighted by atomic mass is 35.5. The summed E-state index contributed by atoms with van der Waals surface area (Å²) in [5.74, 6) is 0.174. The lowest BCUT2D eigenvalue weighted by atomic mass is 9.80. The fourth-order valence-electron chi connectivity index (χ4n) is 4.40. The van der Waals surface area contributed by atoms with Gasteiger partial charge in [-0.05, 0) is 58.8 Å². The number of thiophene rings is 1. The van der Waals surface area contributed by atoms with Crippen molar-refractivity contribution in [1.29, 1.82) is 0 Å². The normalized spacial score (nSPS) is 13.4. The Kier molecular flexibility index (Phi) is 6.17. The van der Waals surface area contributed by atoms with Gasteiger partial charge in [-0.25, -0.2) is 4.98 Å². The number of hydrogen-bond donors (Lipinski definition) is 1. The van der Waals surface area contributed by atoms with Crippen LogP contribution >= 0.6 is 34.5 Å². The predicted octanol–water partition coefficient (Wildman–Crippen LogP) is 8.07. The molecule has 1 N–H and O–H groups in total. The van der Waals surface area contributed by atoms with Gasteiger partial charge in [0.1, 0.15) is 5.60 Å². The summed E-state index contributed by atoms with van der Waals surface area (Å²) >= 11 is 15.0. The number of aromatic nitrogens is 2. The van der Waals surface area contributed by atoms with Crippen LogP contribution in [0.25, 0.3) is 22.2 Å². The van der Waals surface area contributed by atoms with Crippen molar-refractivity contribution in [2.75, 3.05) is 0 Å². The fraction of sp³-hybridized carbons (Fsp3) is 0.143. The van der Waals surface area contributed by atoms with Crippen molar-refractivity contribution >= 4 is 45.4 Å². The Morgan fingerprint density at radius 3 is 2.41 bits per heavy atom. The Labute approximate surface area is 212 Å². The van der Waals surface area contributed by atoms with Crippen molar-refractivity contribution in [3.8, 4) is 11.3 Å². The molecular formula is C28H22Cl2N2OS. The third kappa shape index (κ3) is 3.91. The summed E-state index contributed by atoms with van der Waals surface area (Å²) in [6.45, 7) is 4.23. The topological polar surface area (TPSA) is 46.0 Å². The van der Waals surface area contributed by atoms with Crippen molar-refractivity contribution in [3.63, 3.8) is 0 Å². The van der Waals surface area contributed by atoms with E-state index in [9.17, 15) is 5.11 Å². The summed E-state index contributed by atoms with van der Waals surface area (Å²) in [4.78, 5) is 9.24. The SMILES string of the molecule is CC(C)c1c(-c2ccsc2)nc2ccc(C(O)(c3cccnc3)c3cccc(Cl)c3)cc2c1Cl. The smallest absolute Gasteiger partial charge is 0.142 e. The minimum absolute atomic E-state index is 0.174. The summed E-state index contributed by atoms with van der Waals surface area (Å²) in [7, 11) is 0. The summed E-state index contributed by atoms with van der Waals surface area (Å²) in [5.41, 5.74) is 4.22. The maximum atomic E-state index is 12.2. The lowest BCUT2D eigenvalue weighted by molar-refractivity contribution is 0.125. The van der Waals surface area contributed by atoms with Gasteiger partial charge in [0, 0.05) is 44.9 Å². The molecule has 2 aromatic carbocycles. The molecule has 1 atom stereocenters. The number of fused-ring (bicyclic) bond motifs is 1. The van der Waals surface area contributed by atoms with Crippen LogP contribution in [0.3, 0.4) is 0 Å². The van der Waals surface area contributed by atoms with Gasteiger partial charge in [0.05, 0.1) is 16.2 Å². The molecule has 0 aliphatic heterocycles. The van der Waals surface area contributed by atoms with Crippen molar-refractivity contribution in [2.24, 2.45) is 0 Å². The maximum Gasteiger partial charge on any atom is 0.142 e. The summed E-state index contributed by atoms with van der Waals surface area (Å²) in [5, 5.41) is 18.4. The Morgan fingerprint density at radius 2 is 1.74 bits per heavy atom. The molecule has 0 radical (unpaired) electrons. The van der Waals surface area contributed by atoms with Gasteiger partial charge in [0.15, 0.2) is 0 Å². The zero-order valence-corrected chi connectivity index (χ0v) is 21.0. The first-order chi connectivity index (χ1) is 16.4. The van der Waals surface area contributed by atoms with Crippen LogP contribution in [-0.2, 0) is 5.60 Å². The number of hydrogen-bond acceptors (Lipinski definition) is 4. The van der Waals surface area contributed by atoms with Crippen LogP contribution in [-0.4, -0.2) is 15.1 Å². The lowest BCUT2D eigenvalue weighted by Gasteiger charge is -2.30. The Morgan fingerprint density at radius 1 is 0.941 bits per heavy atom. The highest BCUT2D eigenvalue weighted by molar-refractivity contribution is 7.08. The van der Waals surface area contributed by atoms with E-state index in [-0.39, 0.29) is 5.92 Å². The summed E-state index contributed by atoms with van der Waals surface area (Å²) in [6.07, 6.45) is 3.36. The zero-order chi connectivity index (χ0) is 23.9. The van der Waals surface area contributed by atoms with Crippen molar-refractivity contribution in [2.45, 2.75) is 25.4 Å². The molecule has 0 bridgehead atoms. The molecule has 5 aromatic rings. The standard InChI is InChI=1S/C28H22Cl2N2OS/c1-17(2)25-26(30)23-14-20(8-9-24(23)32-27(25)18-10-12-34-16-18)28(33,21-6-4-11-31-15-21)19-5-3-7-22(29)13-19/h3-17,33H,1-2H3. The van der Waals surface area contributed by atoms with Gasteiger partial charge in [-0.15, -0.1) is 0 Å². The molecule has 34 heavy (non-hydrogen) atoms. The third-order valence-electron chi connectivity index (χ3n) is 6.07. The third-order valence-corrected chi connectivity index (χ3v) is 7.39. The Balaban J connectivity index is 1.78. The van der Waals surface area contributed by atoms with Crippen LogP contribution in [0.5, 0.6) is 0 Å². The molecule has 0 saturated carbocycles. The van der Waals surface area contributed by atoms with Crippen molar-refractivity contribution in [3.05, 3.63) is 116 Å². The van der Waals surface area contributed by atoms with Crippen LogP contribution in [0.15, 0.2) is 83.8 Å². The number of rotatable bonds is 5. The molecule has 3 aromatic heterocycles. The van der Waals surface area contributed by atoms with Gasteiger partial charge in [-0.3, -0.25) is 4.98 Å². The van der Waals surface area contributed by atoms with E-state index >= 15 is 0 Å². The number of aliphatic hydroxyl groups is 1. The lowest BCUT2D eigenvalue weighted by Crippen LogP contribution is -2.29. The summed E-state index contributed by atoms with van der Waals surface area (Å²) in [6, 6.07) is 18.7. The molecule has 170 valence electrons. The molecule has 0 saturated heterocycles. The second-order valence-corrected chi connectivity index (χ2v) is 10.1. The number of pyridine rings is 2. The average Bonchev–Trinajstić information content (AvgIpc) is 3.38. The molecule has 6 heteroatoms. The van der Waals surface area contributed by atoms with Crippen LogP contribution in [0.4, 0.5) is 0 Å². The van der Waals surface area contributed by atoms with E-state index in [4.69, 9.17) is 28.2 Å². The first kappa shape index (κ1) is 23.0. The zero-order valence-electron chi connectivity index (χ0n) is 18.7. The Hall–Kier alpha value is -2.76. The van der Waals surface area contributed by atoms with E-state index in [1.807, 2.05) is 47.8 Å². The van der Waals surface area contributed by atoms with Gasteiger partial charge in [-0.2, -0.15) is 11.3 Å². The van der Waals surface area contributed by atoms with E-state index in [2.05, 4.69) is 30.3 Å². The molecule has 5 rings (SSSR count). The second-order valence-electron chi connectivity index (χ2n) is 8.55. The van der Waals surface area contributed by atoms with Gasteiger partial charge < -0.3 is 5.11 Å². The van der Waals surface area contributed by atoms with Gasteiger partial charge >= 0.3 is 0 Å². The van der Waals surface area contributed by atoms with E-state index in [0.717, 1.165) is 27.7 Å². The summed E-state index contributed by atoms with van der Waals surface area (Å²) < 4.78 is 0. The van der Waals surface area contributed by atoms with Gasteiger partial charge in [0.25, 0.3) is 0 Å². The minimum atomic E-state index is -1.47. The maximum absolute atomic E-state index is 12.2. The van der Waals surface area contributed by atoms with Crippen molar-refractivity contribution in [1.82, 2.24) is 9.97 Å². The number of nitrogens with zero attached hydrogens (tertiary/aromatic N) is 2. The number of halogens is 2. The molecule has 0 aliphatic rings. The van der Waals surface area contributed by atoms with Crippen molar-refractivity contribution < 1.29 is 5.11 Å². The molecule has 0 amide bonds. The monoisotopic (exact) mass is 504 g/mol. The van der Waals surface area contributed by atoms with Crippen LogP contribution in [0, 0.1) is 0 Å². The van der Waals surface area contributed by atoms with E-state index < -0.39 is 5.60 Å². The van der Waals surface area contributed by atoms with Gasteiger partial charge in [-0.1, -0.05) is 61.3 Å². The van der Waals surface area contributed by atoms with Crippen LogP contribution < -0.4 is 0 Å². The predicted molar refractivity (Wildman–Crippen MR) is 142 cm³/mol. The molecule has 0 fully saturated rings. The largest absolute Gasteiger partial charge is 0.376 e. The molecule has 0 aliphatic carbocycles. The molecule has 3 nitrogen and oxygen atoms in total. The van der Waals surface area contributed by atoms with E-state index in [1.54, 1.807) is 35.9 Å². The first-order valence-corrected chi connectivity index (χ1v) is 12.6. The average molecular weight is 505 g/mol. The fourth-order valence-corrected chi connectivity index (χ4v) is 5.69. The Bertz CT molecular complexity index is 1470. The molecule has 0 spiro atoms. The van der Waals surface area contributed by atoms with Crippen LogP contribution in [0.1, 0.15) is 42.0 Å². The second kappa shape index (κ2) is 9.12. The van der Waals surface area contributed by atoms with E-state index in [1.165, 1.54) is 0 Å². The minimum Gasteiger partial charge on any atom is -0.376 e. The molecule has 1 unspecified atom stereocenters. The quantitative estimate of drug-likeness (QED) is 0.263. The van der Waals surface area contributed by atoms with Crippen LogP contribution in [0.2, 0.25) is 10.0 Å². The molecule has 3 heterocycles.